The summed E-state index contributed by atoms with van der Waals surface area (Å²) >= 11 is 0. The lowest BCUT2D eigenvalue weighted by Gasteiger charge is -2.29. The Bertz CT molecular complexity index is 616. The Kier molecular flexibility index (Phi) is 3.25. The van der Waals surface area contributed by atoms with Crippen molar-refractivity contribution in [3.05, 3.63) is 48.8 Å². The van der Waals surface area contributed by atoms with Crippen LogP contribution in [0.3, 0.4) is 0 Å². The van der Waals surface area contributed by atoms with E-state index in [1.165, 1.54) is 0 Å². The summed E-state index contributed by atoms with van der Waals surface area (Å²) in [4.78, 5) is 18.0. The minimum atomic E-state index is -0.532. The number of nitrogens with one attached hydrogen (secondary N) is 1. The molecule has 0 fully saturated rings. The molecule has 102 valence electrons. The van der Waals surface area contributed by atoms with Crippen molar-refractivity contribution < 1.29 is 9.53 Å². The molecule has 5 heteroatoms. The summed E-state index contributed by atoms with van der Waals surface area (Å²) in [6, 6.07) is 11.2. The van der Waals surface area contributed by atoms with Crippen LogP contribution in [-0.4, -0.2) is 30.6 Å². The molecule has 0 bridgehead atoms. The average molecular weight is 269 g/mol. The number of benzene rings is 1. The maximum absolute atomic E-state index is 12.4. The molecule has 0 radical (unpaired) electrons. The number of amides is 1. The van der Waals surface area contributed by atoms with Crippen molar-refractivity contribution in [3.63, 3.8) is 0 Å². The monoisotopic (exact) mass is 269 g/mol. The Morgan fingerprint density at radius 1 is 1.35 bits per heavy atom. The number of likely N-dealkylation sites (N-methyl/N-ethyl adjacent to an activating group) is 1. The fourth-order valence-corrected chi connectivity index (χ4v) is 2.15. The van der Waals surface area contributed by atoms with Gasteiger partial charge in [0.2, 0.25) is 0 Å². The fourth-order valence-electron chi connectivity index (χ4n) is 2.15. The molecule has 0 spiro atoms. The van der Waals surface area contributed by atoms with Gasteiger partial charge in [-0.3, -0.25) is 9.78 Å². The van der Waals surface area contributed by atoms with Gasteiger partial charge in [0.1, 0.15) is 5.75 Å². The van der Waals surface area contributed by atoms with Crippen LogP contribution in [0.25, 0.3) is 0 Å². The minimum Gasteiger partial charge on any atom is -0.477 e. The van der Waals surface area contributed by atoms with E-state index in [0.29, 0.717) is 12.3 Å². The topological polar surface area (TPSA) is 54.5 Å². The number of carbonyl (C=O) groups excluding carboxylic acids is 1. The number of fused-ring (bicyclic) bond motifs is 1. The summed E-state index contributed by atoms with van der Waals surface area (Å²) < 4.78 is 5.76. The highest BCUT2D eigenvalue weighted by Crippen LogP contribution is 2.28. The van der Waals surface area contributed by atoms with Gasteiger partial charge in [-0.05, 0) is 24.3 Å². The van der Waals surface area contributed by atoms with Gasteiger partial charge in [0.25, 0.3) is 5.91 Å². The summed E-state index contributed by atoms with van der Waals surface area (Å²) in [5.74, 6) is 0.608. The van der Waals surface area contributed by atoms with Gasteiger partial charge in [-0.2, -0.15) is 0 Å². The number of rotatable bonds is 2. The van der Waals surface area contributed by atoms with Crippen molar-refractivity contribution in [3.8, 4) is 5.75 Å². The molecule has 1 aromatic carbocycles. The fraction of sp³-hybridized carbons (Fsp3) is 0.200. The molecule has 1 unspecified atom stereocenters. The van der Waals surface area contributed by atoms with Gasteiger partial charge in [-0.15, -0.1) is 0 Å². The Balaban J connectivity index is 1.76. The van der Waals surface area contributed by atoms with Gasteiger partial charge in [-0.25, -0.2) is 0 Å². The zero-order valence-corrected chi connectivity index (χ0v) is 11.1. The molecule has 1 N–H and O–H groups in total. The second-order valence-electron chi connectivity index (χ2n) is 4.59. The minimum absolute atomic E-state index is 0.0972. The Labute approximate surface area is 117 Å². The third-order valence-electron chi connectivity index (χ3n) is 3.27. The van der Waals surface area contributed by atoms with Crippen LogP contribution in [0.2, 0.25) is 0 Å². The smallest absolute Gasteiger partial charge is 0.269 e. The van der Waals surface area contributed by atoms with Crippen LogP contribution in [0, 0.1) is 0 Å². The third kappa shape index (κ3) is 2.30. The van der Waals surface area contributed by atoms with Crippen LogP contribution in [0.15, 0.2) is 48.8 Å². The van der Waals surface area contributed by atoms with E-state index in [2.05, 4.69) is 10.3 Å². The molecule has 5 nitrogen and oxygen atoms in total. The Morgan fingerprint density at radius 3 is 3.00 bits per heavy atom. The van der Waals surface area contributed by atoms with Crippen LogP contribution in [-0.2, 0) is 4.79 Å². The first kappa shape index (κ1) is 12.5. The van der Waals surface area contributed by atoms with E-state index in [9.17, 15) is 4.79 Å². The summed E-state index contributed by atoms with van der Waals surface area (Å²) in [7, 11) is 1.73. The molecule has 1 aliphatic heterocycles. The highest BCUT2D eigenvalue weighted by molar-refractivity contribution is 5.97. The molecule has 1 aliphatic rings. The van der Waals surface area contributed by atoms with Crippen molar-refractivity contribution in [2.45, 2.75) is 6.10 Å². The zero-order chi connectivity index (χ0) is 13.9. The lowest BCUT2D eigenvalue weighted by Crippen LogP contribution is -2.45. The molecule has 0 saturated carbocycles. The lowest BCUT2D eigenvalue weighted by molar-refractivity contribution is -0.124. The Morgan fingerprint density at radius 2 is 2.20 bits per heavy atom. The molecule has 2 heterocycles. The average Bonchev–Trinajstić information content (AvgIpc) is 2.54. The van der Waals surface area contributed by atoms with E-state index in [1.54, 1.807) is 30.4 Å². The van der Waals surface area contributed by atoms with Crippen LogP contribution < -0.4 is 15.0 Å². The number of anilines is 2. The highest BCUT2D eigenvalue weighted by Gasteiger charge is 2.28. The maximum atomic E-state index is 12.4. The van der Waals surface area contributed by atoms with E-state index in [-0.39, 0.29) is 5.91 Å². The van der Waals surface area contributed by atoms with Crippen molar-refractivity contribution in [1.29, 1.82) is 0 Å². The molecule has 2 aromatic rings. The zero-order valence-electron chi connectivity index (χ0n) is 11.1. The quantitative estimate of drug-likeness (QED) is 0.905. The number of nitrogens with zero attached hydrogens (tertiary/aromatic N) is 2. The Hall–Kier alpha value is -2.56. The molecule has 1 aromatic heterocycles. The maximum Gasteiger partial charge on any atom is 0.269 e. The normalized spacial score (nSPS) is 16.6. The number of pyridine rings is 1. The van der Waals surface area contributed by atoms with E-state index in [1.807, 2.05) is 30.3 Å². The molecule has 20 heavy (non-hydrogen) atoms. The van der Waals surface area contributed by atoms with Gasteiger partial charge >= 0.3 is 0 Å². The first-order valence-corrected chi connectivity index (χ1v) is 6.43. The molecule has 3 rings (SSSR count). The third-order valence-corrected chi connectivity index (χ3v) is 3.27. The second-order valence-corrected chi connectivity index (χ2v) is 4.59. The highest BCUT2D eigenvalue weighted by atomic mass is 16.5. The number of para-hydroxylation sites is 2. The summed E-state index contributed by atoms with van der Waals surface area (Å²) in [6.07, 6.45) is 2.80. The number of hydrogen-bond donors (Lipinski definition) is 1. The summed E-state index contributed by atoms with van der Waals surface area (Å²) in [5, 5.41) is 3.21. The molecule has 0 aliphatic carbocycles. The van der Waals surface area contributed by atoms with E-state index >= 15 is 0 Å². The number of aromatic nitrogens is 1. The van der Waals surface area contributed by atoms with E-state index in [0.717, 1.165) is 11.4 Å². The molecule has 0 saturated heterocycles. The van der Waals surface area contributed by atoms with Crippen LogP contribution >= 0.6 is 0 Å². The molecular weight excluding hydrogens is 254 g/mol. The number of carbonyl (C=O) groups is 1. The largest absolute Gasteiger partial charge is 0.477 e. The first-order chi connectivity index (χ1) is 9.75. The van der Waals surface area contributed by atoms with Crippen molar-refractivity contribution in [2.24, 2.45) is 0 Å². The molecule has 1 atom stereocenters. The number of ether oxygens (including phenoxy) is 1. The van der Waals surface area contributed by atoms with Gasteiger partial charge in [-0.1, -0.05) is 12.1 Å². The van der Waals surface area contributed by atoms with Crippen molar-refractivity contribution in [2.75, 3.05) is 23.8 Å². The van der Waals surface area contributed by atoms with Gasteiger partial charge < -0.3 is 15.0 Å². The number of hydrogen-bond acceptors (Lipinski definition) is 4. The van der Waals surface area contributed by atoms with Crippen LogP contribution in [0.4, 0.5) is 11.4 Å². The first-order valence-electron chi connectivity index (χ1n) is 6.43. The van der Waals surface area contributed by atoms with Crippen LogP contribution in [0.5, 0.6) is 5.75 Å². The molecule has 1 amide bonds. The predicted octanol–water partition coefficient (Wildman–Crippen LogP) is 1.92. The molecular formula is C15H15N3O2. The van der Waals surface area contributed by atoms with Gasteiger partial charge in [0.05, 0.1) is 24.1 Å². The van der Waals surface area contributed by atoms with E-state index in [4.69, 9.17) is 4.74 Å². The van der Waals surface area contributed by atoms with Crippen LogP contribution in [0.1, 0.15) is 0 Å². The van der Waals surface area contributed by atoms with E-state index < -0.39 is 6.10 Å². The van der Waals surface area contributed by atoms with Crippen molar-refractivity contribution in [1.82, 2.24) is 4.98 Å². The summed E-state index contributed by atoms with van der Waals surface area (Å²) in [6.45, 7) is 0.459. The summed E-state index contributed by atoms with van der Waals surface area (Å²) in [5.41, 5.74) is 1.67. The standard InChI is InChI=1S/C15H15N3O2/c1-18(11-5-4-8-16-9-11)15(19)14-10-17-12-6-2-3-7-13(12)20-14/h2-9,14,17H,10H2,1H3. The SMILES string of the molecule is CN(C(=O)C1CNc2ccccc2O1)c1cccnc1. The predicted molar refractivity (Wildman–Crippen MR) is 77.0 cm³/mol. The van der Waals surface area contributed by atoms with Gasteiger partial charge in [0.15, 0.2) is 6.10 Å². The van der Waals surface area contributed by atoms with Gasteiger partial charge in [0, 0.05) is 13.2 Å². The lowest BCUT2D eigenvalue weighted by atomic mass is 10.2. The van der Waals surface area contributed by atoms with Crippen molar-refractivity contribution >= 4 is 17.3 Å². The second kappa shape index (κ2) is 5.21.